The van der Waals surface area contributed by atoms with E-state index in [1.54, 1.807) is 0 Å². The maximum Gasteiger partial charge on any atom is 0.307 e. The molecule has 0 aromatic heterocycles. The van der Waals surface area contributed by atoms with Gasteiger partial charge in [-0.3, -0.25) is 19.2 Å². The molecule has 54 heavy (non-hydrogen) atoms. The standard InChI is InChI=1S/C43H77N3O8/c1-5-6-7-8-9-10-11-12-26-51-38(47)19-16-31(3)34-17-18-35-42-32(29-37(43(34,35)4)54-41(50)22-25-46)14-13-15-33(52-39(48)20-23-44)27-30(2)28-36(42)53-40(49)21-24-45/h30-37,42H,5-29,44-46H2,1-4H3. The fraction of sp³-hybridized carbons (Fsp3) is 0.907. The highest BCUT2D eigenvalue weighted by molar-refractivity contribution is 5.71. The molecule has 3 fully saturated rings. The summed E-state index contributed by atoms with van der Waals surface area (Å²) in [5.41, 5.74) is 16.8. The molecule has 3 aliphatic carbocycles. The number of carbonyl (C=O) groups is 4. The largest absolute Gasteiger partial charge is 0.466 e. The van der Waals surface area contributed by atoms with Crippen molar-refractivity contribution in [1.29, 1.82) is 0 Å². The Morgan fingerprint density at radius 3 is 1.96 bits per heavy atom. The third-order valence-electron chi connectivity index (χ3n) is 13.1. The van der Waals surface area contributed by atoms with Gasteiger partial charge >= 0.3 is 23.9 Å². The Bertz CT molecular complexity index is 1140. The highest BCUT2D eigenvalue weighted by Gasteiger charge is 2.62. The van der Waals surface area contributed by atoms with Crippen LogP contribution in [0.15, 0.2) is 0 Å². The second-order valence-corrected chi connectivity index (χ2v) is 17.2. The van der Waals surface area contributed by atoms with Gasteiger partial charge in [0.1, 0.15) is 18.3 Å². The molecule has 10 atom stereocenters. The molecule has 0 spiro atoms. The Hall–Kier alpha value is -2.24. The van der Waals surface area contributed by atoms with E-state index in [9.17, 15) is 19.2 Å². The molecule has 10 unspecified atom stereocenters. The summed E-state index contributed by atoms with van der Waals surface area (Å²) in [5, 5.41) is 0. The van der Waals surface area contributed by atoms with Crippen molar-refractivity contribution in [2.45, 2.75) is 181 Å². The monoisotopic (exact) mass is 764 g/mol. The van der Waals surface area contributed by atoms with Crippen LogP contribution in [0.25, 0.3) is 0 Å². The fourth-order valence-electron chi connectivity index (χ4n) is 10.4. The van der Waals surface area contributed by atoms with Gasteiger partial charge in [0, 0.05) is 37.4 Å². The van der Waals surface area contributed by atoms with Gasteiger partial charge in [-0.2, -0.15) is 0 Å². The second-order valence-electron chi connectivity index (χ2n) is 17.2. The van der Waals surface area contributed by atoms with Crippen LogP contribution in [0.5, 0.6) is 0 Å². The molecule has 3 rings (SSSR count). The van der Waals surface area contributed by atoms with Crippen molar-refractivity contribution >= 4 is 23.9 Å². The summed E-state index contributed by atoms with van der Waals surface area (Å²) in [6, 6.07) is 0. The minimum absolute atomic E-state index is 0.0776. The van der Waals surface area contributed by atoms with E-state index in [1.165, 1.54) is 38.5 Å². The molecule has 0 aromatic carbocycles. The van der Waals surface area contributed by atoms with Gasteiger partial charge in [-0.1, -0.05) is 72.6 Å². The van der Waals surface area contributed by atoms with Gasteiger partial charge in [0.05, 0.1) is 25.9 Å². The first-order valence-corrected chi connectivity index (χ1v) is 21.8. The number of fused-ring (bicyclic) bond motifs is 3. The molecule has 0 amide bonds. The smallest absolute Gasteiger partial charge is 0.307 e. The van der Waals surface area contributed by atoms with Gasteiger partial charge in [-0.15, -0.1) is 0 Å². The quantitative estimate of drug-likeness (QED) is 0.0579. The maximum atomic E-state index is 13.2. The van der Waals surface area contributed by atoms with Crippen molar-refractivity contribution in [1.82, 2.24) is 0 Å². The first-order chi connectivity index (χ1) is 26.0. The van der Waals surface area contributed by atoms with E-state index < -0.39 is 0 Å². The zero-order chi connectivity index (χ0) is 39.5. The molecule has 0 saturated heterocycles. The normalized spacial score (nSPS) is 30.4. The lowest BCUT2D eigenvalue weighted by Gasteiger charge is -2.55. The number of carbonyl (C=O) groups excluding carboxylic acids is 4. The van der Waals surface area contributed by atoms with Gasteiger partial charge in [0.15, 0.2) is 0 Å². The summed E-state index contributed by atoms with van der Waals surface area (Å²) in [6.45, 7) is 10.1. The summed E-state index contributed by atoms with van der Waals surface area (Å²) in [6.07, 6.45) is 16.6. The molecule has 3 aliphatic rings. The molecule has 11 nitrogen and oxygen atoms in total. The van der Waals surface area contributed by atoms with E-state index in [1.807, 2.05) is 0 Å². The lowest BCUT2D eigenvalue weighted by atomic mass is 9.52. The Morgan fingerprint density at radius 1 is 0.704 bits per heavy atom. The van der Waals surface area contributed by atoms with Crippen molar-refractivity contribution in [2.24, 2.45) is 58.1 Å². The van der Waals surface area contributed by atoms with Crippen LogP contribution in [0.3, 0.4) is 0 Å². The minimum Gasteiger partial charge on any atom is -0.466 e. The highest BCUT2D eigenvalue weighted by Crippen LogP contribution is 2.64. The first kappa shape index (κ1) is 46.1. The number of hydrogen-bond donors (Lipinski definition) is 3. The van der Waals surface area contributed by atoms with E-state index in [0.717, 1.165) is 44.9 Å². The summed E-state index contributed by atoms with van der Waals surface area (Å²) in [4.78, 5) is 51.7. The molecule has 0 heterocycles. The zero-order valence-corrected chi connectivity index (χ0v) is 34.4. The van der Waals surface area contributed by atoms with Gasteiger partial charge in [0.2, 0.25) is 0 Å². The Morgan fingerprint density at radius 2 is 1.31 bits per heavy atom. The average molecular weight is 764 g/mol. The van der Waals surface area contributed by atoms with Gasteiger partial charge in [-0.25, -0.2) is 0 Å². The number of hydrogen-bond acceptors (Lipinski definition) is 11. The molecule has 0 aromatic rings. The number of esters is 4. The van der Waals surface area contributed by atoms with Gasteiger partial charge < -0.3 is 36.1 Å². The Labute approximate surface area is 326 Å². The van der Waals surface area contributed by atoms with Crippen LogP contribution in [0, 0.1) is 40.9 Å². The van der Waals surface area contributed by atoms with Crippen LogP contribution >= 0.6 is 0 Å². The van der Waals surface area contributed by atoms with E-state index in [0.29, 0.717) is 38.7 Å². The minimum atomic E-state index is -0.377. The third kappa shape index (κ3) is 14.1. The maximum absolute atomic E-state index is 13.2. The van der Waals surface area contributed by atoms with Crippen molar-refractivity contribution < 1.29 is 38.1 Å². The fourth-order valence-corrected chi connectivity index (χ4v) is 10.4. The predicted molar refractivity (Wildman–Crippen MR) is 211 cm³/mol. The molecule has 6 N–H and O–H groups in total. The number of ether oxygens (including phenoxy) is 4. The number of unbranched alkanes of at least 4 members (excludes halogenated alkanes) is 7. The van der Waals surface area contributed by atoms with Gasteiger partial charge in [0.25, 0.3) is 0 Å². The van der Waals surface area contributed by atoms with Crippen LogP contribution < -0.4 is 17.2 Å². The van der Waals surface area contributed by atoms with E-state index in [-0.39, 0.29) is 122 Å². The first-order valence-electron chi connectivity index (χ1n) is 21.8. The lowest BCUT2D eigenvalue weighted by molar-refractivity contribution is -0.188. The molecule has 312 valence electrons. The second kappa shape index (κ2) is 24.4. The summed E-state index contributed by atoms with van der Waals surface area (Å²) < 4.78 is 24.3. The van der Waals surface area contributed by atoms with Crippen molar-refractivity contribution in [2.75, 3.05) is 26.2 Å². The number of nitrogens with two attached hydrogens (primary N) is 3. The van der Waals surface area contributed by atoms with Crippen LogP contribution in [0.4, 0.5) is 0 Å². The van der Waals surface area contributed by atoms with Crippen LogP contribution in [-0.4, -0.2) is 68.4 Å². The van der Waals surface area contributed by atoms with Crippen molar-refractivity contribution in [3.63, 3.8) is 0 Å². The summed E-state index contributed by atoms with van der Waals surface area (Å²) in [5.74, 6) is -0.0866. The van der Waals surface area contributed by atoms with E-state index >= 15 is 0 Å². The molecule has 11 heteroatoms. The Kier molecular flexibility index (Phi) is 20.9. The third-order valence-corrected chi connectivity index (χ3v) is 13.1. The van der Waals surface area contributed by atoms with Crippen molar-refractivity contribution in [3.05, 3.63) is 0 Å². The highest BCUT2D eigenvalue weighted by atomic mass is 16.6. The van der Waals surface area contributed by atoms with Crippen LogP contribution in [0.2, 0.25) is 0 Å². The summed E-state index contributed by atoms with van der Waals surface area (Å²) in [7, 11) is 0. The zero-order valence-electron chi connectivity index (χ0n) is 34.4. The van der Waals surface area contributed by atoms with E-state index in [4.69, 9.17) is 36.1 Å². The Balaban J connectivity index is 1.79. The molecular weight excluding hydrogens is 686 g/mol. The molecule has 3 saturated carbocycles. The molecule has 0 aliphatic heterocycles. The van der Waals surface area contributed by atoms with Gasteiger partial charge in [-0.05, 0) is 93.8 Å². The lowest BCUT2D eigenvalue weighted by Crippen LogP contribution is -2.56. The van der Waals surface area contributed by atoms with Crippen LogP contribution in [-0.2, 0) is 38.1 Å². The van der Waals surface area contributed by atoms with Crippen molar-refractivity contribution in [3.8, 4) is 0 Å². The van der Waals surface area contributed by atoms with E-state index in [2.05, 4.69) is 27.7 Å². The SMILES string of the molecule is CCCCCCCCCCOC(=O)CCC(C)C1CCC2C3C(CCCC(OC(=O)CCN)CC(C)CC3OC(=O)CCN)CC(OC(=O)CCN)C12C. The predicted octanol–water partition coefficient (Wildman–Crippen LogP) is 7.14. The number of rotatable bonds is 22. The van der Waals surface area contributed by atoms with Crippen LogP contribution in [0.1, 0.15) is 163 Å². The summed E-state index contributed by atoms with van der Waals surface area (Å²) >= 11 is 0. The topological polar surface area (TPSA) is 183 Å². The molecule has 0 radical (unpaired) electrons. The molecular formula is C43H77N3O8. The molecule has 0 bridgehead atoms. The average Bonchev–Trinajstić information content (AvgIpc) is 3.47.